The van der Waals surface area contributed by atoms with E-state index in [0.29, 0.717) is 30.3 Å². The van der Waals surface area contributed by atoms with Crippen molar-refractivity contribution < 1.29 is 28.9 Å². The summed E-state index contributed by atoms with van der Waals surface area (Å²) in [6.45, 7) is 2.95. The van der Waals surface area contributed by atoms with Crippen molar-refractivity contribution in [1.82, 2.24) is 4.90 Å². The van der Waals surface area contributed by atoms with Gasteiger partial charge in [0.25, 0.3) is 5.91 Å². The Morgan fingerprint density at radius 2 is 2.04 bits per heavy atom. The topological polar surface area (TPSA) is 85.3 Å². The van der Waals surface area contributed by atoms with E-state index in [1.165, 1.54) is 4.90 Å². The lowest BCUT2D eigenvalue weighted by atomic mass is 10.1. The molecule has 0 unspecified atom stereocenters. The molecule has 0 radical (unpaired) electrons. The Morgan fingerprint density at radius 3 is 2.78 bits per heavy atom. The number of esters is 1. The number of β-amino-alcohol motifs (C(OH)–C–C–N with tert-alkyl or cyclic N) is 1. The third-order valence-electron chi connectivity index (χ3n) is 3.89. The van der Waals surface area contributed by atoms with Crippen LogP contribution in [-0.2, 0) is 9.53 Å². The molecule has 2 aliphatic rings. The number of rotatable bonds is 3. The van der Waals surface area contributed by atoms with Gasteiger partial charge in [-0.1, -0.05) is 0 Å². The van der Waals surface area contributed by atoms with Crippen molar-refractivity contribution in [2.75, 3.05) is 26.4 Å². The van der Waals surface area contributed by atoms with Crippen LogP contribution in [0.25, 0.3) is 0 Å². The molecular weight excluding hydrogens is 302 g/mol. The van der Waals surface area contributed by atoms with Gasteiger partial charge in [0.05, 0.1) is 12.7 Å². The van der Waals surface area contributed by atoms with Crippen molar-refractivity contribution in [3.63, 3.8) is 0 Å². The third-order valence-corrected chi connectivity index (χ3v) is 3.89. The number of aliphatic hydroxyl groups is 1. The molecule has 1 amide bonds. The minimum Gasteiger partial charge on any atom is -0.486 e. The van der Waals surface area contributed by atoms with Crippen LogP contribution in [0.15, 0.2) is 18.2 Å². The van der Waals surface area contributed by atoms with Gasteiger partial charge in [-0.2, -0.15) is 0 Å². The van der Waals surface area contributed by atoms with E-state index in [-0.39, 0.29) is 25.5 Å². The van der Waals surface area contributed by atoms with Crippen LogP contribution in [0.2, 0.25) is 0 Å². The zero-order valence-electron chi connectivity index (χ0n) is 12.9. The highest BCUT2D eigenvalue weighted by molar-refractivity contribution is 5.97. The first kappa shape index (κ1) is 15.6. The van der Waals surface area contributed by atoms with Crippen LogP contribution in [0.3, 0.4) is 0 Å². The molecular formula is C16H19NO6. The standard InChI is InChI=1S/C16H19NO6/c1-2-21-16(20)12-8-11(18)9-17(12)15(19)10-3-4-13-14(7-10)23-6-5-22-13/h3-4,7,11-12,18H,2,5-6,8-9H2,1H3/t11-,12+/m1/s1. The Morgan fingerprint density at radius 1 is 1.30 bits per heavy atom. The quantitative estimate of drug-likeness (QED) is 0.821. The van der Waals surface area contributed by atoms with Crippen molar-refractivity contribution >= 4 is 11.9 Å². The average molecular weight is 321 g/mol. The Bertz CT molecular complexity index is 617. The fourth-order valence-electron chi connectivity index (χ4n) is 2.84. The summed E-state index contributed by atoms with van der Waals surface area (Å²) in [4.78, 5) is 26.1. The smallest absolute Gasteiger partial charge is 0.328 e. The highest BCUT2D eigenvalue weighted by Gasteiger charge is 2.40. The molecule has 2 atom stereocenters. The summed E-state index contributed by atoms with van der Waals surface area (Å²) in [5.41, 5.74) is 0.387. The normalized spacial score (nSPS) is 22.8. The zero-order valence-corrected chi connectivity index (χ0v) is 12.9. The van der Waals surface area contributed by atoms with Crippen LogP contribution >= 0.6 is 0 Å². The zero-order chi connectivity index (χ0) is 16.4. The number of ether oxygens (including phenoxy) is 3. The Balaban J connectivity index is 1.82. The van der Waals surface area contributed by atoms with E-state index in [2.05, 4.69) is 0 Å². The molecule has 124 valence electrons. The summed E-state index contributed by atoms with van der Waals surface area (Å²) in [6.07, 6.45) is -0.541. The Hall–Kier alpha value is -2.28. The minimum atomic E-state index is -0.759. The molecule has 1 aromatic rings. The van der Waals surface area contributed by atoms with E-state index in [4.69, 9.17) is 14.2 Å². The molecule has 1 saturated heterocycles. The molecule has 2 aliphatic heterocycles. The summed E-state index contributed by atoms with van der Waals surface area (Å²) in [5.74, 6) is 0.275. The lowest BCUT2D eigenvalue weighted by molar-refractivity contribution is -0.147. The molecule has 0 aliphatic carbocycles. The molecule has 23 heavy (non-hydrogen) atoms. The second kappa shape index (κ2) is 6.45. The maximum absolute atomic E-state index is 12.7. The van der Waals surface area contributed by atoms with Gasteiger partial charge >= 0.3 is 5.97 Å². The number of carbonyl (C=O) groups excluding carboxylic acids is 2. The third kappa shape index (κ3) is 3.10. The number of likely N-dealkylation sites (tertiary alicyclic amines) is 1. The first-order chi connectivity index (χ1) is 11.1. The Kier molecular flexibility index (Phi) is 4.38. The van der Waals surface area contributed by atoms with Gasteiger partial charge in [0, 0.05) is 18.5 Å². The van der Waals surface area contributed by atoms with Crippen LogP contribution in [0, 0.1) is 0 Å². The van der Waals surface area contributed by atoms with Crippen LogP contribution in [0.1, 0.15) is 23.7 Å². The number of benzene rings is 1. The van der Waals surface area contributed by atoms with Gasteiger partial charge in [-0.25, -0.2) is 4.79 Å². The molecule has 0 spiro atoms. The summed E-state index contributed by atoms with van der Waals surface area (Å²) in [6, 6.07) is 4.14. The van der Waals surface area contributed by atoms with E-state index in [1.807, 2.05) is 0 Å². The second-order valence-corrected chi connectivity index (χ2v) is 5.47. The first-order valence-corrected chi connectivity index (χ1v) is 7.65. The largest absolute Gasteiger partial charge is 0.486 e. The summed E-state index contributed by atoms with van der Waals surface area (Å²) in [7, 11) is 0. The van der Waals surface area contributed by atoms with Gasteiger partial charge < -0.3 is 24.2 Å². The highest BCUT2D eigenvalue weighted by Crippen LogP contribution is 2.32. The maximum Gasteiger partial charge on any atom is 0.328 e. The number of nitrogens with zero attached hydrogens (tertiary/aromatic N) is 1. The van der Waals surface area contributed by atoms with E-state index in [1.54, 1.807) is 25.1 Å². The minimum absolute atomic E-state index is 0.108. The number of hydrogen-bond acceptors (Lipinski definition) is 6. The van der Waals surface area contributed by atoms with Crippen LogP contribution in [0.5, 0.6) is 11.5 Å². The molecule has 1 aromatic carbocycles. The van der Waals surface area contributed by atoms with E-state index < -0.39 is 18.1 Å². The summed E-state index contributed by atoms with van der Waals surface area (Å²) in [5, 5.41) is 9.83. The van der Waals surface area contributed by atoms with E-state index in [0.717, 1.165) is 0 Å². The molecule has 3 rings (SSSR count). The van der Waals surface area contributed by atoms with Crippen molar-refractivity contribution in [1.29, 1.82) is 0 Å². The molecule has 1 N–H and O–H groups in total. The van der Waals surface area contributed by atoms with Gasteiger partial charge in [-0.05, 0) is 25.1 Å². The Labute approximate surface area is 133 Å². The second-order valence-electron chi connectivity index (χ2n) is 5.47. The molecule has 0 aromatic heterocycles. The predicted octanol–water partition coefficient (Wildman–Crippen LogP) is 0.596. The number of fused-ring (bicyclic) bond motifs is 1. The molecule has 0 bridgehead atoms. The van der Waals surface area contributed by atoms with E-state index in [9.17, 15) is 14.7 Å². The number of hydrogen-bond donors (Lipinski definition) is 1. The van der Waals surface area contributed by atoms with Crippen LogP contribution < -0.4 is 9.47 Å². The lowest BCUT2D eigenvalue weighted by Gasteiger charge is -2.24. The van der Waals surface area contributed by atoms with Gasteiger partial charge in [0.1, 0.15) is 19.3 Å². The van der Waals surface area contributed by atoms with Crippen molar-refractivity contribution in [3.8, 4) is 11.5 Å². The number of aliphatic hydroxyl groups excluding tert-OH is 1. The van der Waals surface area contributed by atoms with E-state index >= 15 is 0 Å². The number of amides is 1. The highest BCUT2D eigenvalue weighted by atomic mass is 16.6. The maximum atomic E-state index is 12.7. The predicted molar refractivity (Wildman–Crippen MR) is 79.5 cm³/mol. The molecule has 1 fully saturated rings. The molecule has 7 heteroatoms. The SMILES string of the molecule is CCOC(=O)[C@@H]1C[C@@H](O)CN1C(=O)c1ccc2c(c1)OCCO2. The summed E-state index contributed by atoms with van der Waals surface area (Å²) < 4.78 is 15.9. The fraction of sp³-hybridized carbons (Fsp3) is 0.500. The van der Waals surface area contributed by atoms with Gasteiger partial charge in [0.15, 0.2) is 11.5 Å². The number of carbonyl (C=O) groups is 2. The first-order valence-electron chi connectivity index (χ1n) is 7.65. The summed E-state index contributed by atoms with van der Waals surface area (Å²) >= 11 is 0. The lowest BCUT2D eigenvalue weighted by Crippen LogP contribution is -2.41. The van der Waals surface area contributed by atoms with Crippen LogP contribution in [0.4, 0.5) is 0 Å². The van der Waals surface area contributed by atoms with Crippen molar-refractivity contribution in [2.45, 2.75) is 25.5 Å². The van der Waals surface area contributed by atoms with Gasteiger partial charge in [-0.15, -0.1) is 0 Å². The van der Waals surface area contributed by atoms with Gasteiger partial charge in [0.2, 0.25) is 0 Å². The van der Waals surface area contributed by atoms with Gasteiger partial charge in [-0.3, -0.25) is 4.79 Å². The average Bonchev–Trinajstić information content (AvgIpc) is 2.96. The van der Waals surface area contributed by atoms with Crippen molar-refractivity contribution in [2.24, 2.45) is 0 Å². The molecule has 2 heterocycles. The molecule has 0 saturated carbocycles. The van der Waals surface area contributed by atoms with Crippen LogP contribution in [-0.4, -0.2) is 60.4 Å². The monoisotopic (exact) mass is 321 g/mol. The molecule has 7 nitrogen and oxygen atoms in total. The van der Waals surface area contributed by atoms with Crippen molar-refractivity contribution in [3.05, 3.63) is 23.8 Å². The fourth-order valence-corrected chi connectivity index (χ4v) is 2.84.